The van der Waals surface area contributed by atoms with Crippen molar-refractivity contribution >= 4 is 21.7 Å². The van der Waals surface area contributed by atoms with Crippen molar-refractivity contribution < 1.29 is 0 Å². The van der Waals surface area contributed by atoms with E-state index in [0.29, 0.717) is 5.82 Å². The Morgan fingerprint density at radius 3 is 2.78 bits per heavy atom. The van der Waals surface area contributed by atoms with Crippen molar-refractivity contribution in [2.45, 2.75) is 33.1 Å². The third-order valence-corrected chi connectivity index (χ3v) is 3.85. The third-order valence-electron chi connectivity index (χ3n) is 2.96. The SMILES string of the molecule is CCCCc1cc(N)n(-c2ccc(Br)c(C)c2)n1. The highest BCUT2D eigenvalue weighted by atomic mass is 79.9. The zero-order chi connectivity index (χ0) is 13.1. The molecule has 3 nitrogen and oxygen atoms in total. The minimum atomic E-state index is 0.697. The molecule has 0 amide bonds. The summed E-state index contributed by atoms with van der Waals surface area (Å²) in [6.45, 7) is 4.24. The molecule has 1 aromatic carbocycles. The Kier molecular flexibility index (Phi) is 4.07. The summed E-state index contributed by atoms with van der Waals surface area (Å²) in [7, 11) is 0. The minimum absolute atomic E-state index is 0.697. The monoisotopic (exact) mass is 307 g/mol. The number of benzene rings is 1. The number of unbranched alkanes of at least 4 members (excludes halogenated alkanes) is 1. The molecule has 0 saturated carbocycles. The van der Waals surface area contributed by atoms with E-state index in [1.165, 1.54) is 12.0 Å². The number of nitrogens with two attached hydrogens (primary N) is 1. The van der Waals surface area contributed by atoms with Gasteiger partial charge >= 0.3 is 0 Å². The maximum Gasteiger partial charge on any atom is 0.127 e. The van der Waals surface area contributed by atoms with Crippen molar-refractivity contribution in [2.75, 3.05) is 5.73 Å². The van der Waals surface area contributed by atoms with Gasteiger partial charge in [-0.25, -0.2) is 4.68 Å². The quantitative estimate of drug-likeness (QED) is 0.932. The van der Waals surface area contributed by atoms with Gasteiger partial charge in [-0.2, -0.15) is 5.10 Å². The summed E-state index contributed by atoms with van der Waals surface area (Å²) in [5.41, 5.74) is 9.28. The number of halogens is 1. The molecule has 0 saturated heterocycles. The lowest BCUT2D eigenvalue weighted by Gasteiger charge is -2.06. The van der Waals surface area contributed by atoms with Crippen molar-refractivity contribution in [3.05, 3.63) is 40.0 Å². The molecule has 1 heterocycles. The molecule has 0 spiro atoms. The third kappa shape index (κ3) is 2.75. The van der Waals surface area contributed by atoms with Gasteiger partial charge in [0.1, 0.15) is 5.82 Å². The first-order valence-corrected chi connectivity index (χ1v) is 7.02. The average Bonchev–Trinajstić information content (AvgIpc) is 2.71. The van der Waals surface area contributed by atoms with E-state index in [9.17, 15) is 0 Å². The van der Waals surface area contributed by atoms with Crippen LogP contribution in [0.15, 0.2) is 28.7 Å². The molecule has 0 aliphatic heterocycles. The predicted octanol–water partition coefficient (Wildman–Crippen LogP) is 3.87. The first-order chi connectivity index (χ1) is 8.61. The van der Waals surface area contributed by atoms with E-state index < -0.39 is 0 Å². The van der Waals surface area contributed by atoms with E-state index in [2.05, 4.69) is 40.9 Å². The van der Waals surface area contributed by atoms with Crippen molar-refractivity contribution in [3.8, 4) is 5.69 Å². The van der Waals surface area contributed by atoms with E-state index in [-0.39, 0.29) is 0 Å². The van der Waals surface area contributed by atoms with Crippen molar-refractivity contribution in [2.24, 2.45) is 0 Å². The topological polar surface area (TPSA) is 43.8 Å². The molecule has 0 bridgehead atoms. The Morgan fingerprint density at radius 2 is 2.11 bits per heavy atom. The lowest BCUT2D eigenvalue weighted by molar-refractivity contribution is 0.753. The highest BCUT2D eigenvalue weighted by Gasteiger charge is 2.07. The fourth-order valence-corrected chi connectivity index (χ4v) is 2.14. The summed E-state index contributed by atoms with van der Waals surface area (Å²) in [4.78, 5) is 0. The van der Waals surface area contributed by atoms with Crippen LogP contribution < -0.4 is 5.73 Å². The molecule has 96 valence electrons. The first-order valence-electron chi connectivity index (χ1n) is 6.22. The van der Waals surface area contributed by atoms with Crippen molar-refractivity contribution in [3.63, 3.8) is 0 Å². The summed E-state index contributed by atoms with van der Waals surface area (Å²) in [5.74, 6) is 0.697. The molecule has 0 fully saturated rings. The Hall–Kier alpha value is -1.29. The van der Waals surface area contributed by atoms with Gasteiger partial charge in [-0.1, -0.05) is 29.3 Å². The second kappa shape index (κ2) is 5.57. The Balaban J connectivity index is 2.32. The van der Waals surface area contributed by atoms with Crippen LogP contribution in [0.25, 0.3) is 5.69 Å². The molecular formula is C14H18BrN3. The van der Waals surface area contributed by atoms with E-state index in [1.54, 1.807) is 0 Å². The fourth-order valence-electron chi connectivity index (χ4n) is 1.89. The molecule has 0 unspecified atom stereocenters. The number of nitrogen functional groups attached to an aromatic ring is 1. The van der Waals surface area contributed by atoms with Gasteiger partial charge in [0.2, 0.25) is 0 Å². The predicted molar refractivity (Wildman–Crippen MR) is 79.0 cm³/mol. The molecule has 2 aromatic rings. The highest BCUT2D eigenvalue weighted by Crippen LogP contribution is 2.21. The lowest BCUT2D eigenvalue weighted by Crippen LogP contribution is -2.02. The van der Waals surface area contributed by atoms with Crippen LogP contribution in [0.1, 0.15) is 31.0 Å². The maximum atomic E-state index is 6.02. The molecule has 2 N–H and O–H groups in total. The number of hydrogen-bond acceptors (Lipinski definition) is 2. The summed E-state index contributed by atoms with van der Waals surface area (Å²) in [5, 5.41) is 4.56. The lowest BCUT2D eigenvalue weighted by atomic mass is 10.2. The van der Waals surface area contributed by atoms with E-state index in [0.717, 1.165) is 28.7 Å². The smallest absolute Gasteiger partial charge is 0.127 e. The van der Waals surface area contributed by atoms with Gasteiger partial charge in [0.15, 0.2) is 0 Å². The number of hydrogen-bond donors (Lipinski definition) is 1. The molecule has 0 aliphatic carbocycles. The van der Waals surface area contributed by atoms with Crippen LogP contribution >= 0.6 is 15.9 Å². The van der Waals surface area contributed by atoms with Gasteiger partial charge < -0.3 is 5.73 Å². The highest BCUT2D eigenvalue weighted by molar-refractivity contribution is 9.10. The molecule has 0 aliphatic rings. The van der Waals surface area contributed by atoms with Gasteiger partial charge in [-0.3, -0.25) is 0 Å². The molecular weight excluding hydrogens is 290 g/mol. The Labute approximate surface area is 116 Å². The normalized spacial score (nSPS) is 10.8. The Morgan fingerprint density at radius 1 is 1.33 bits per heavy atom. The van der Waals surface area contributed by atoms with Crippen molar-refractivity contribution in [1.29, 1.82) is 0 Å². The number of aryl methyl sites for hydroxylation is 2. The van der Waals surface area contributed by atoms with Gasteiger partial charge in [0.05, 0.1) is 11.4 Å². The zero-order valence-electron chi connectivity index (χ0n) is 10.8. The second-order valence-corrected chi connectivity index (χ2v) is 5.36. The number of nitrogens with zero attached hydrogens (tertiary/aromatic N) is 2. The average molecular weight is 308 g/mol. The minimum Gasteiger partial charge on any atom is -0.384 e. The van der Waals surface area contributed by atoms with Crippen LogP contribution in [-0.4, -0.2) is 9.78 Å². The fraction of sp³-hybridized carbons (Fsp3) is 0.357. The van der Waals surface area contributed by atoms with Gasteiger partial charge in [-0.05, 0) is 43.5 Å². The van der Waals surface area contributed by atoms with Crippen LogP contribution in [0.5, 0.6) is 0 Å². The van der Waals surface area contributed by atoms with E-state index >= 15 is 0 Å². The first kappa shape index (κ1) is 13.1. The maximum absolute atomic E-state index is 6.02. The molecule has 0 radical (unpaired) electrons. The van der Waals surface area contributed by atoms with Gasteiger partial charge in [0.25, 0.3) is 0 Å². The molecule has 1 aromatic heterocycles. The summed E-state index contributed by atoms with van der Waals surface area (Å²) < 4.78 is 2.91. The molecule has 2 rings (SSSR count). The number of aromatic nitrogens is 2. The molecule has 18 heavy (non-hydrogen) atoms. The molecule has 4 heteroatoms. The standard InChI is InChI=1S/C14H18BrN3/c1-3-4-5-11-9-14(16)18(17-11)12-6-7-13(15)10(2)8-12/h6-9H,3-5,16H2,1-2H3. The van der Waals surface area contributed by atoms with E-state index in [1.807, 2.05) is 22.9 Å². The van der Waals surface area contributed by atoms with E-state index in [4.69, 9.17) is 5.73 Å². The van der Waals surface area contributed by atoms with Gasteiger partial charge in [-0.15, -0.1) is 0 Å². The largest absolute Gasteiger partial charge is 0.384 e. The van der Waals surface area contributed by atoms with Crippen LogP contribution in [0.3, 0.4) is 0 Å². The number of anilines is 1. The van der Waals surface area contributed by atoms with Gasteiger partial charge in [0, 0.05) is 10.5 Å². The van der Waals surface area contributed by atoms with Crippen molar-refractivity contribution in [1.82, 2.24) is 9.78 Å². The number of rotatable bonds is 4. The van der Waals surface area contributed by atoms with Crippen LogP contribution in [0.4, 0.5) is 5.82 Å². The summed E-state index contributed by atoms with van der Waals surface area (Å²) in [6.07, 6.45) is 3.31. The van der Waals surface area contributed by atoms with Crippen LogP contribution in [0, 0.1) is 6.92 Å². The summed E-state index contributed by atoms with van der Waals surface area (Å²) in [6, 6.07) is 8.09. The van der Waals surface area contributed by atoms with Crippen LogP contribution in [0.2, 0.25) is 0 Å². The molecule has 0 atom stereocenters. The summed E-state index contributed by atoms with van der Waals surface area (Å²) >= 11 is 3.50. The second-order valence-electron chi connectivity index (χ2n) is 4.51. The zero-order valence-corrected chi connectivity index (χ0v) is 12.4. The van der Waals surface area contributed by atoms with Crippen LogP contribution in [-0.2, 0) is 6.42 Å². The Bertz CT molecular complexity index is 546.